The summed E-state index contributed by atoms with van der Waals surface area (Å²) in [6.45, 7) is 4.80. The average Bonchev–Trinajstić information content (AvgIpc) is 3.74. The number of nitrogens with zero attached hydrogens (tertiary/aromatic N) is 1. The second-order valence-corrected chi connectivity index (χ2v) is 19.7. The van der Waals surface area contributed by atoms with Crippen LogP contribution in [0.3, 0.4) is 0 Å². The van der Waals surface area contributed by atoms with E-state index in [2.05, 4.69) is 207 Å². The Balaban J connectivity index is 0.993. The topological polar surface area (TPSA) is 3.24 Å². The van der Waals surface area contributed by atoms with Gasteiger partial charge in [-0.1, -0.05) is 166 Å². The van der Waals surface area contributed by atoms with Gasteiger partial charge >= 0.3 is 0 Å². The minimum atomic E-state index is -0.178. The summed E-state index contributed by atoms with van der Waals surface area (Å²) in [5.41, 5.74) is 22.6. The molecule has 0 saturated heterocycles. The summed E-state index contributed by atoms with van der Waals surface area (Å²) >= 11 is 0. The largest absolute Gasteiger partial charge is 0.310 e. The van der Waals surface area contributed by atoms with Crippen molar-refractivity contribution in [3.05, 3.63) is 210 Å². The second kappa shape index (κ2) is 13.5. The zero-order chi connectivity index (χ0) is 41.2. The van der Waals surface area contributed by atoms with Crippen molar-refractivity contribution in [2.45, 2.75) is 56.8 Å². The van der Waals surface area contributed by atoms with Crippen molar-refractivity contribution < 1.29 is 0 Å². The highest BCUT2D eigenvalue weighted by atomic mass is 15.1. The molecule has 8 aromatic carbocycles. The van der Waals surface area contributed by atoms with Crippen LogP contribution >= 0.6 is 0 Å². The molecule has 4 bridgehead atoms. The SMILES string of the molecule is CC1(C)c2ccccc2-c2cccc(N(c3ccc(-c4ccccc4)cc3)c3ccc(-c4ccc5c(c4)-c4ccccc4C54C5CC6CC(C5)CC4C6)c(-c4ccccc4)c3)c21. The van der Waals surface area contributed by atoms with Crippen molar-refractivity contribution in [3.63, 3.8) is 0 Å². The molecule has 0 radical (unpaired) electrons. The second-order valence-electron chi connectivity index (χ2n) is 19.7. The Morgan fingerprint density at radius 2 is 0.919 bits per heavy atom. The van der Waals surface area contributed by atoms with Gasteiger partial charge in [0.15, 0.2) is 0 Å². The van der Waals surface area contributed by atoms with Gasteiger partial charge < -0.3 is 4.90 Å². The van der Waals surface area contributed by atoms with E-state index >= 15 is 0 Å². The summed E-state index contributed by atoms with van der Waals surface area (Å²) in [5.74, 6) is 3.39. The van der Waals surface area contributed by atoms with Gasteiger partial charge in [-0.2, -0.15) is 0 Å². The first kappa shape index (κ1) is 36.2. The summed E-state index contributed by atoms with van der Waals surface area (Å²) in [6, 6.07) is 71.3. The molecule has 6 aliphatic carbocycles. The molecule has 0 atom stereocenters. The molecule has 62 heavy (non-hydrogen) atoms. The van der Waals surface area contributed by atoms with Gasteiger partial charge in [0.2, 0.25) is 0 Å². The lowest BCUT2D eigenvalue weighted by atomic mass is 9.43. The zero-order valence-corrected chi connectivity index (χ0v) is 35.7. The maximum Gasteiger partial charge on any atom is 0.0508 e. The van der Waals surface area contributed by atoms with E-state index in [1.807, 2.05) is 0 Å². The normalized spacial score (nSPS) is 22.9. The molecule has 6 aliphatic rings. The maximum absolute atomic E-state index is 2.57. The van der Waals surface area contributed by atoms with Crippen LogP contribution in [-0.4, -0.2) is 0 Å². The summed E-state index contributed by atoms with van der Waals surface area (Å²) < 4.78 is 0. The number of rotatable bonds is 6. The van der Waals surface area contributed by atoms with Crippen molar-refractivity contribution in [2.75, 3.05) is 4.90 Å². The molecule has 1 spiro atoms. The summed E-state index contributed by atoms with van der Waals surface area (Å²) in [5, 5.41) is 0. The third kappa shape index (κ3) is 5.15. The molecule has 0 unspecified atom stereocenters. The fourth-order valence-electron chi connectivity index (χ4n) is 14.0. The zero-order valence-electron chi connectivity index (χ0n) is 35.7. The van der Waals surface area contributed by atoms with Gasteiger partial charge in [-0.3, -0.25) is 0 Å². The molecule has 8 aromatic rings. The number of fused-ring (bicyclic) bond motifs is 6. The lowest BCUT2D eigenvalue weighted by Gasteiger charge is -2.61. The van der Waals surface area contributed by atoms with Crippen molar-refractivity contribution in [2.24, 2.45) is 23.7 Å². The van der Waals surface area contributed by atoms with E-state index in [-0.39, 0.29) is 10.8 Å². The van der Waals surface area contributed by atoms with Crippen LogP contribution in [0, 0.1) is 23.7 Å². The minimum absolute atomic E-state index is 0.171. The van der Waals surface area contributed by atoms with E-state index in [1.165, 1.54) is 105 Å². The van der Waals surface area contributed by atoms with Crippen LogP contribution in [-0.2, 0) is 10.8 Å². The molecule has 0 amide bonds. The smallest absolute Gasteiger partial charge is 0.0508 e. The Morgan fingerprint density at radius 3 is 1.63 bits per heavy atom. The lowest BCUT2D eigenvalue weighted by Crippen LogP contribution is -2.55. The van der Waals surface area contributed by atoms with E-state index < -0.39 is 0 Å². The summed E-state index contributed by atoms with van der Waals surface area (Å²) in [4.78, 5) is 2.52. The highest BCUT2D eigenvalue weighted by molar-refractivity contribution is 5.95. The summed E-state index contributed by atoms with van der Waals surface area (Å²) in [6.07, 6.45) is 7.09. The Hall–Kier alpha value is -6.44. The number of anilines is 3. The highest BCUT2D eigenvalue weighted by Crippen LogP contribution is 2.69. The summed E-state index contributed by atoms with van der Waals surface area (Å²) in [7, 11) is 0. The third-order valence-corrected chi connectivity index (χ3v) is 16.2. The molecular weight excluding hydrogens is 747 g/mol. The Labute approximate surface area is 366 Å². The molecule has 1 nitrogen and oxygen atoms in total. The molecule has 0 heterocycles. The number of hydrogen-bond acceptors (Lipinski definition) is 1. The van der Waals surface area contributed by atoms with Crippen LogP contribution in [0.25, 0.3) is 55.6 Å². The van der Waals surface area contributed by atoms with Crippen LogP contribution < -0.4 is 4.90 Å². The van der Waals surface area contributed by atoms with Gasteiger partial charge in [-0.25, -0.2) is 0 Å². The van der Waals surface area contributed by atoms with Gasteiger partial charge in [0, 0.05) is 22.2 Å². The molecule has 0 N–H and O–H groups in total. The molecule has 14 rings (SSSR count). The molecule has 0 aliphatic heterocycles. The molecule has 300 valence electrons. The first-order valence-corrected chi connectivity index (χ1v) is 23.1. The van der Waals surface area contributed by atoms with Crippen LogP contribution in [0.1, 0.15) is 68.2 Å². The molecule has 4 fully saturated rings. The van der Waals surface area contributed by atoms with Crippen molar-refractivity contribution >= 4 is 17.1 Å². The van der Waals surface area contributed by atoms with Crippen molar-refractivity contribution in [1.82, 2.24) is 0 Å². The van der Waals surface area contributed by atoms with Crippen molar-refractivity contribution in [3.8, 4) is 55.6 Å². The Morgan fingerprint density at radius 1 is 0.371 bits per heavy atom. The average molecular weight is 798 g/mol. The fraction of sp³-hybridized carbons (Fsp3) is 0.213. The molecular formula is C61H51N. The van der Waals surface area contributed by atoms with Gasteiger partial charge in [-0.05, 0) is 170 Å². The molecule has 0 aromatic heterocycles. The van der Waals surface area contributed by atoms with E-state index in [9.17, 15) is 0 Å². The van der Waals surface area contributed by atoms with Crippen molar-refractivity contribution in [1.29, 1.82) is 0 Å². The van der Waals surface area contributed by atoms with Gasteiger partial charge in [0.1, 0.15) is 0 Å². The molecule has 4 saturated carbocycles. The van der Waals surface area contributed by atoms with E-state index in [0.717, 1.165) is 35.0 Å². The Bertz CT molecular complexity index is 3020. The van der Waals surface area contributed by atoms with E-state index in [0.29, 0.717) is 0 Å². The van der Waals surface area contributed by atoms with Crippen LogP contribution in [0.5, 0.6) is 0 Å². The predicted octanol–water partition coefficient (Wildman–Crippen LogP) is 16.2. The van der Waals surface area contributed by atoms with Crippen LogP contribution in [0.15, 0.2) is 188 Å². The first-order valence-electron chi connectivity index (χ1n) is 23.1. The van der Waals surface area contributed by atoms with Crippen LogP contribution in [0.2, 0.25) is 0 Å². The number of hydrogen-bond donors (Lipinski definition) is 0. The van der Waals surface area contributed by atoms with Crippen LogP contribution in [0.4, 0.5) is 17.1 Å². The standard InChI is InChI=1S/C61H51N/c1-60(2)55-21-11-9-18-50(55)52-20-13-23-58(59(52)60)62(47-27-24-42(25-28-47)41-14-5-3-6-15-41)48-29-30-49(53(38-48)43-16-7-4-8-17-43)44-26-31-57-54(37-44)51-19-10-12-22-56(51)61(57)45-33-39-32-40(35-45)36-46(61)34-39/h3-31,37-40,45-46H,32-36H2,1-2H3. The third-order valence-electron chi connectivity index (χ3n) is 16.2. The predicted molar refractivity (Wildman–Crippen MR) is 258 cm³/mol. The Kier molecular flexibility index (Phi) is 7.91. The first-order chi connectivity index (χ1) is 30.5. The van der Waals surface area contributed by atoms with E-state index in [4.69, 9.17) is 0 Å². The monoisotopic (exact) mass is 797 g/mol. The van der Waals surface area contributed by atoms with E-state index in [1.54, 1.807) is 11.1 Å². The molecule has 1 heteroatoms. The van der Waals surface area contributed by atoms with Gasteiger partial charge in [0.05, 0.1) is 5.69 Å². The van der Waals surface area contributed by atoms with Gasteiger partial charge in [0.25, 0.3) is 0 Å². The minimum Gasteiger partial charge on any atom is -0.310 e. The highest BCUT2D eigenvalue weighted by Gasteiger charge is 2.61. The lowest BCUT2D eigenvalue weighted by molar-refractivity contribution is -0.0399. The fourth-order valence-corrected chi connectivity index (χ4v) is 14.0. The number of benzene rings is 8. The van der Waals surface area contributed by atoms with Gasteiger partial charge in [-0.15, -0.1) is 0 Å². The quantitative estimate of drug-likeness (QED) is 0.162. The maximum atomic E-state index is 2.57.